The number of amides is 1. The highest BCUT2D eigenvalue weighted by Crippen LogP contribution is 2.25. The van der Waals surface area contributed by atoms with Gasteiger partial charge in [-0.15, -0.1) is 11.3 Å². The van der Waals surface area contributed by atoms with Crippen LogP contribution in [-0.4, -0.2) is 17.0 Å². The Labute approximate surface area is 126 Å². The minimum Gasteiger partial charge on any atom is -0.478 e. The van der Waals surface area contributed by atoms with Crippen LogP contribution in [0.3, 0.4) is 0 Å². The average Bonchev–Trinajstić information content (AvgIpc) is 2.74. The predicted molar refractivity (Wildman–Crippen MR) is 78.4 cm³/mol. The minimum absolute atomic E-state index is 0.0213. The average molecular weight is 361 g/mol. The van der Waals surface area contributed by atoms with Gasteiger partial charge in [-0.1, -0.05) is 11.6 Å². The standard InChI is InChI=1S/C12H7BrClNO3S/c13-9-1-2-19-10(9)11(16)15-8-4-6(12(17)18)3-7(14)5-8/h1-5H,(H,15,16)(H,17,18). The van der Waals surface area contributed by atoms with Crippen molar-refractivity contribution in [1.29, 1.82) is 0 Å². The maximum Gasteiger partial charge on any atom is 0.335 e. The molecule has 0 atom stereocenters. The molecule has 0 aliphatic rings. The fourth-order valence-corrected chi connectivity index (χ4v) is 3.11. The SMILES string of the molecule is O=C(O)c1cc(Cl)cc(NC(=O)c2sccc2Br)c1. The number of nitrogens with one attached hydrogen (secondary N) is 1. The van der Waals surface area contributed by atoms with Crippen molar-refractivity contribution in [3.05, 3.63) is 49.6 Å². The second kappa shape index (κ2) is 5.73. The summed E-state index contributed by atoms with van der Waals surface area (Å²) in [6, 6.07) is 5.93. The van der Waals surface area contributed by atoms with E-state index in [9.17, 15) is 9.59 Å². The fourth-order valence-electron chi connectivity index (χ4n) is 1.43. The number of carbonyl (C=O) groups excluding carboxylic acids is 1. The van der Waals surface area contributed by atoms with Crippen LogP contribution in [0.1, 0.15) is 20.0 Å². The predicted octanol–water partition coefficient (Wildman–Crippen LogP) is 4.11. The van der Waals surface area contributed by atoms with Crippen LogP contribution in [0.4, 0.5) is 5.69 Å². The number of carbonyl (C=O) groups is 2. The Kier molecular flexibility index (Phi) is 4.24. The molecule has 0 aliphatic carbocycles. The van der Waals surface area contributed by atoms with E-state index in [1.54, 1.807) is 11.4 Å². The van der Waals surface area contributed by atoms with E-state index in [-0.39, 0.29) is 16.5 Å². The zero-order valence-corrected chi connectivity index (χ0v) is 12.5. The van der Waals surface area contributed by atoms with Crippen LogP contribution in [0.25, 0.3) is 0 Å². The minimum atomic E-state index is -1.10. The molecule has 0 saturated carbocycles. The molecule has 0 fully saturated rings. The molecule has 2 rings (SSSR count). The number of hydrogen-bond donors (Lipinski definition) is 2. The molecule has 1 amide bonds. The lowest BCUT2D eigenvalue weighted by molar-refractivity contribution is 0.0696. The Balaban J connectivity index is 2.26. The number of rotatable bonds is 3. The molecule has 1 heterocycles. The zero-order valence-electron chi connectivity index (χ0n) is 9.31. The van der Waals surface area contributed by atoms with E-state index >= 15 is 0 Å². The van der Waals surface area contributed by atoms with Gasteiger partial charge in [-0.2, -0.15) is 0 Å². The third-order valence-corrected chi connectivity index (χ3v) is 4.28. The smallest absolute Gasteiger partial charge is 0.335 e. The maximum absolute atomic E-state index is 12.0. The molecular formula is C12H7BrClNO3S. The van der Waals surface area contributed by atoms with Crippen LogP contribution in [0.15, 0.2) is 34.1 Å². The first-order valence-corrected chi connectivity index (χ1v) is 7.10. The Morgan fingerprint density at radius 2 is 2.05 bits per heavy atom. The van der Waals surface area contributed by atoms with Crippen LogP contribution in [-0.2, 0) is 0 Å². The highest BCUT2D eigenvalue weighted by atomic mass is 79.9. The number of aromatic carboxylic acids is 1. The van der Waals surface area contributed by atoms with Gasteiger partial charge < -0.3 is 10.4 Å². The second-order valence-corrected chi connectivity index (χ2v) is 5.79. The lowest BCUT2D eigenvalue weighted by Gasteiger charge is -2.06. The summed E-state index contributed by atoms with van der Waals surface area (Å²) in [6.45, 7) is 0. The van der Waals surface area contributed by atoms with Gasteiger partial charge in [0.2, 0.25) is 0 Å². The normalized spacial score (nSPS) is 10.2. The lowest BCUT2D eigenvalue weighted by Crippen LogP contribution is -2.11. The summed E-state index contributed by atoms with van der Waals surface area (Å²) >= 11 is 10.4. The van der Waals surface area contributed by atoms with Crippen molar-refractivity contribution in [2.24, 2.45) is 0 Å². The second-order valence-electron chi connectivity index (χ2n) is 3.59. The Morgan fingerprint density at radius 1 is 1.32 bits per heavy atom. The van der Waals surface area contributed by atoms with Crippen LogP contribution < -0.4 is 5.32 Å². The number of thiophene rings is 1. The van der Waals surface area contributed by atoms with Gasteiger partial charge in [0.25, 0.3) is 5.91 Å². The van der Waals surface area contributed by atoms with Crippen LogP contribution in [0, 0.1) is 0 Å². The first-order chi connectivity index (χ1) is 8.97. The van der Waals surface area contributed by atoms with Gasteiger partial charge in [0.1, 0.15) is 4.88 Å². The van der Waals surface area contributed by atoms with Crippen LogP contribution >= 0.6 is 38.9 Å². The highest BCUT2D eigenvalue weighted by Gasteiger charge is 2.13. The Bertz CT molecular complexity index is 656. The molecule has 7 heteroatoms. The number of halogens is 2. The molecule has 0 saturated heterocycles. The van der Waals surface area contributed by atoms with Crippen molar-refractivity contribution in [3.8, 4) is 0 Å². The molecule has 0 bridgehead atoms. The van der Waals surface area contributed by atoms with E-state index in [4.69, 9.17) is 16.7 Å². The summed E-state index contributed by atoms with van der Waals surface area (Å²) in [5, 5.41) is 13.6. The molecule has 0 spiro atoms. The van der Waals surface area contributed by atoms with Gasteiger partial charge >= 0.3 is 5.97 Å². The van der Waals surface area contributed by atoms with E-state index in [0.717, 1.165) is 0 Å². The van der Waals surface area contributed by atoms with E-state index in [2.05, 4.69) is 21.2 Å². The van der Waals surface area contributed by atoms with Gasteiger partial charge in [-0.05, 0) is 45.6 Å². The van der Waals surface area contributed by atoms with Crippen molar-refractivity contribution in [3.63, 3.8) is 0 Å². The highest BCUT2D eigenvalue weighted by molar-refractivity contribution is 9.10. The van der Waals surface area contributed by atoms with Crippen LogP contribution in [0.2, 0.25) is 5.02 Å². The number of hydrogen-bond acceptors (Lipinski definition) is 3. The van der Waals surface area contributed by atoms with Crippen molar-refractivity contribution in [1.82, 2.24) is 0 Å². The van der Waals surface area contributed by atoms with Crippen molar-refractivity contribution >= 4 is 56.4 Å². The van der Waals surface area contributed by atoms with Gasteiger partial charge in [0.05, 0.1) is 5.56 Å². The molecule has 4 nitrogen and oxygen atoms in total. The maximum atomic E-state index is 12.0. The summed E-state index contributed by atoms with van der Waals surface area (Å²) in [4.78, 5) is 23.4. The number of anilines is 1. The van der Waals surface area contributed by atoms with E-state index < -0.39 is 5.97 Å². The third kappa shape index (κ3) is 3.34. The van der Waals surface area contributed by atoms with E-state index in [0.29, 0.717) is 15.0 Å². The quantitative estimate of drug-likeness (QED) is 0.865. The van der Waals surface area contributed by atoms with Crippen molar-refractivity contribution in [2.45, 2.75) is 0 Å². The van der Waals surface area contributed by atoms with E-state index in [1.807, 2.05) is 0 Å². The summed E-state index contributed by atoms with van der Waals surface area (Å²) in [7, 11) is 0. The molecular weight excluding hydrogens is 354 g/mol. The summed E-state index contributed by atoms with van der Waals surface area (Å²) in [6.07, 6.45) is 0. The summed E-state index contributed by atoms with van der Waals surface area (Å²) < 4.78 is 0.690. The van der Waals surface area contributed by atoms with Gasteiger partial charge in [-0.3, -0.25) is 4.79 Å². The molecule has 2 aromatic rings. The van der Waals surface area contributed by atoms with Gasteiger partial charge in [-0.25, -0.2) is 4.79 Å². The van der Waals surface area contributed by atoms with Crippen molar-refractivity contribution < 1.29 is 14.7 Å². The lowest BCUT2D eigenvalue weighted by atomic mass is 10.2. The number of carboxylic acids is 1. The van der Waals surface area contributed by atoms with Gasteiger partial charge in [0.15, 0.2) is 0 Å². The van der Waals surface area contributed by atoms with Crippen LogP contribution in [0.5, 0.6) is 0 Å². The van der Waals surface area contributed by atoms with Gasteiger partial charge in [0, 0.05) is 15.2 Å². The van der Waals surface area contributed by atoms with Crippen molar-refractivity contribution in [2.75, 3.05) is 5.32 Å². The monoisotopic (exact) mass is 359 g/mol. The molecule has 1 aromatic heterocycles. The first-order valence-electron chi connectivity index (χ1n) is 5.05. The molecule has 1 aromatic carbocycles. The number of benzene rings is 1. The molecule has 98 valence electrons. The summed E-state index contributed by atoms with van der Waals surface area (Å²) in [5.41, 5.74) is 0.364. The van der Waals surface area contributed by atoms with E-state index in [1.165, 1.54) is 29.5 Å². The first kappa shape index (κ1) is 14.0. The Hall–Kier alpha value is -1.37. The fraction of sp³-hybridized carbons (Fsp3) is 0. The zero-order chi connectivity index (χ0) is 14.0. The molecule has 0 aliphatic heterocycles. The third-order valence-electron chi connectivity index (χ3n) is 2.23. The Morgan fingerprint density at radius 3 is 2.63 bits per heavy atom. The molecule has 19 heavy (non-hydrogen) atoms. The summed E-state index contributed by atoms with van der Waals surface area (Å²) in [5.74, 6) is -1.42. The largest absolute Gasteiger partial charge is 0.478 e. The molecule has 2 N–H and O–H groups in total. The topological polar surface area (TPSA) is 66.4 Å². The number of carboxylic acid groups (broad SMARTS) is 1. The molecule has 0 unspecified atom stereocenters. The molecule has 0 radical (unpaired) electrons.